The maximum absolute atomic E-state index is 10.6. The summed E-state index contributed by atoms with van der Waals surface area (Å²) in [5.41, 5.74) is 3.90. The summed E-state index contributed by atoms with van der Waals surface area (Å²) >= 11 is 1.70. The van der Waals surface area contributed by atoms with Crippen LogP contribution in [0, 0.1) is 5.92 Å². The number of aromatic nitrogens is 3. The minimum atomic E-state index is -0.327. The molecular formula is C23H27N5O3S. The van der Waals surface area contributed by atoms with Gasteiger partial charge in [0.15, 0.2) is 5.75 Å². The fraction of sp³-hybridized carbons (Fsp3) is 0.435. The number of ether oxygens (including phenoxy) is 2. The van der Waals surface area contributed by atoms with Gasteiger partial charge in [-0.25, -0.2) is 4.98 Å². The second-order valence-electron chi connectivity index (χ2n) is 8.19. The van der Waals surface area contributed by atoms with Crippen molar-refractivity contribution in [2.24, 2.45) is 5.92 Å². The molecule has 0 aliphatic carbocycles. The number of β-amino-alcohol motifs (C(OH)–C–C–N with tert-alkyl or cyclic N) is 1. The van der Waals surface area contributed by atoms with Crippen molar-refractivity contribution in [2.45, 2.75) is 24.0 Å². The molecule has 5 rings (SSSR count). The molecule has 0 aromatic carbocycles. The molecule has 0 radical (unpaired) electrons. The van der Waals surface area contributed by atoms with E-state index in [0.717, 1.165) is 59.0 Å². The maximum Gasteiger partial charge on any atom is 0.213 e. The van der Waals surface area contributed by atoms with Gasteiger partial charge in [-0.05, 0) is 30.2 Å². The van der Waals surface area contributed by atoms with Crippen molar-refractivity contribution in [1.82, 2.24) is 25.2 Å². The molecule has 2 atom stereocenters. The van der Waals surface area contributed by atoms with Crippen LogP contribution in [0.1, 0.15) is 11.3 Å². The molecule has 2 N–H and O–H groups in total. The quantitative estimate of drug-likeness (QED) is 0.532. The fourth-order valence-corrected chi connectivity index (χ4v) is 5.09. The molecule has 168 valence electrons. The summed E-state index contributed by atoms with van der Waals surface area (Å²) in [5.74, 6) is 2.33. The van der Waals surface area contributed by atoms with E-state index in [1.165, 1.54) is 0 Å². The second kappa shape index (κ2) is 9.58. The first kappa shape index (κ1) is 21.4. The van der Waals surface area contributed by atoms with E-state index < -0.39 is 0 Å². The summed E-state index contributed by atoms with van der Waals surface area (Å²) < 4.78 is 10.8. The second-order valence-corrected chi connectivity index (χ2v) is 9.15. The summed E-state index contributed by atoms with van der Waals surface area (Å²) in [5, 5.41) is 14.0. The van der Waals surface area contributed by atoms with Crippen molar-refractivity contribution in [3.63, 3.8) is 0 Å². The molecule has 2 aliphatic rings. The average Bonchev–Trinajstić information content (AvgIpc) is 3.43. The standard InChI is InChI=1S/C23H27N5O3S/c1-30-22-3-2-18-23(27-22)15(4-6-25-18)5-7-28-12-16(19(29)13-28)9-24-10-17-8-21-20(11-26-17)31-14-32-21/h2-4,6,8,11,16,19,24,29H,5,7,9-10,12-14H2,1H3/t16-,19+/m0/s1. The molecule has 8 nitrogen and oxygen atoms in total. The Hall–Kier alpha value is -2.46. The smallest absolute Gasteiger partial charge is 0.213 e. The lowest BCUT2D eigenvalue weighted by Crippen LogP contribution is -2.30. The first-order valence-electron chi connectivity index (χ1n) is 10.8. The third kappa shape index (κ3) is 4.66. The van der Waals surface area contributed by atoms with E-state index in [-0.39, 0.29) is 12.0 Å². The van der Waals surface area contributed by atoms with E-state index >= 15 is 0 Å². The molecule has 2 aliphatic heterocycles. The summed E-state index contributed by atoms with van der Waals surface area (Å²) in [6, 6.07) is 7.87. The van der Waals surface area contributed by atoms with Crippen LogP contribution in [0.3, 0.4) is 0 Å². The van der Waals surface area contributed by atoms with Crippen LogP contribution in [0.25, 0.3) is 11.0 Å². The summed E-state index contributed by atoms with van der Waals surface area (Å²) in [6.45, 7) is 3.88. The molecule has 3 aromatic rings. The molecule has 0 bridgehead atoms. The predicted octanol–water partition coefficient (Wildman–Crippen LogP) is 2.10. The monoisotopic (exact) mass is 453 g/mol. The summed E-state index contributed by atoms with van der Waals surface area (Å²) in [6.07, 6.45) is 4.15. The van der Waals surface area contributed by atoms with Gasteiger partial charge in [-0.1, -0.05) is 11.8 Å². The zero-order valence-corrected chi connectivity index (χ0v) is 18.8. The van der Waals surface area contributed by atoms with Crippen molar-refractivity contribution in [1.29, 1.82) is 0 Å². The van der Waals surface area contributed by atoms with Crippen molar-refractivity contribution in [3.8, 4) is 11.6 Å². The van der Waals surface area contributed by atoms with Gasteiger partial charge in [-0.2, -0.15) is 0 Å². The van der Waals surface area contributed by atoms with Crippen LogP contribution in [-0.4, -0.2) is 70.3 Å². The molecule has 0 spiro atoms. The highest BCUT2D eigenvalue weighted by molar-refractivity contribution is 7.99. The van der Waals surface area contributed by atoms with E-state index in [0.29, 0.717) is 24.9 Å². The maximum atomic E-state index is 10.6. The molecule has 0 saturated carbocycles. The van der Waals surface area contributed by atoms with Crippen LogP contribution in [-0.2, 0) is 13.0 Å². The summed E-state index contributed by atoms with van der Waals surface area (Å²) in [7, 11) is 1.62. The third-order valence-corrected chi connectivity index (χ3v) is 6.93. The van der Waals surface area contributed by atoms with Crippen LogP contribution in [0.15, 0.2) is 41.6 Å². The van der Waals surface area contributed by atoms with E-state index in [1.807, 2.05) is 24.4 Å². The highest BCUT2D eigenvalue weighted by Crippen LogP contribution is 2.35. The lowest BCUT2D eigenvalue weighted by atomic mass is 10.1. The van der Waals surface area contributed by atoms with Gasteiger partial charge in [0.25, 0.3) is 0 Å². The number of thioether (sulfide) groups is 1. The van der Waals surface area contributed by atoms with E-state index in [2.05, 4.69) is 31.2 Å². The fourth-order valence-electron chi connectivity index (χ4n) is 4.30. The molecule has 0 unspecified atom stereocenters. The van der Waals surface area contributed by atoms with Crippen LogP contribution in [0.5, 0.6) is 11.6 Å². The van der Waals surface area contributed by atoms with Crippen LogP contribution >= 0.6 is 11.8 Å². The van der Waals surface area contributed by atoms with Crippen molar-refractivity contribution < 1.29 is 14.6 Å². The Morgan fingerprint density at radius 3 is 3.12 bits per heavy atom. The number of fused-ring (bicyclic) bond motifs is 2. The highest BCUT2D eigenvalue weighted by Gasteiger charge is 2.30. The normalized spacial score (nSPS) is 20.4. The Morgan fingerprint density at radius 2 is 2.22 bits per heavy atom. The molecule has 1 fully saturated rings. The number of aliphatic hydroxyl groups is 1. The number of methoxy groups -OCH3 is 1. The Bertz CT molecular complexity index is 1100. The number of hydrogen-bond donors (Lipinski definition) is 2. The molecule has 9 heteroatoms. The minimum Gasteiger partial charge on any atom is -0.481 e. The van der Waals surface area contributed by atoms with Crippen LogP contribution < -0.4 is 14.8 Å². The van der Waals surface area contributed by atoms with Gasteiger partial charge in [0, 0.05) is 50.9 Å². The van der Waals surface area contributed by atoms with Crippen molar-refractivity contribution in [2.75, 3.05) is 39.2 Å². The molecule has 1 saturated heterocycles. The van der Waals surface area contributed by atoms with E-state index in [4.69, 9.17) is 9.47 Å². The molecule has 5 heterocycles. The van der Waals surface area contributed by atoms with Gasteiger partial charge in [0.05, 0.1) is 41.0 Å². The van der Waals surface area contributed by atoms with Gasteiger partial charge in [0.2, 0.25) is 5.88 Å². The number of likely N-dealkylation sites (tertiary alicyclic amines) is 1. The number of rotatable bonds is 8. The zero-order valence-electron chi connectivity index (χ0n) is 18.0. The lowest BCUT2D eigenvalue weighted by Gasteiger charge is -2.16. The Kier molecular flexibility index (Phi) is 6.40. The van der Waals surface area contributed by atoms with Crippen molar-refractivity contribution >= 4 is 22.8 Å². The Morgan fingerprint density at radius 1 is 1.28 bits per heavy atom. The molecule has 3 aromatic heterocycles. The van der Waals surface area contributed by atoms with E-state index in [9.17, 15) is 5.11 Å². The SMILES string of the molecule is COc1ccc2nccc(CCN3C[C@H](CNCc4cc5c(cn4)OCS5)[C@H](O)C3)c2n1. The zero-order chi connectivity index (χ0) is 21.9. The Balaban J connectivity index is 1.13. The average molecular weight is 454 g/mol. The first-order valence-corrected chi connectivity index (χ1v) is 11.8. The van der Waals surface area contributed by atoms with Crippen LogP contribution in [0.2, 0.25) is 0 Å². The first-order chi connectivity index (χ1) is 15.7. The van der Waals surface area contributed by atoms with Gasteiger partial charge < -0.3 is 24.8 Å². The number of nitrogens with zero attached hydrogens (tertiary/aromatic N) is 4. The highest BCUT2D eigenvalue weighted by atomic mass is 32.2. The Labute approximate surface area is 191 Å². The van der Waals surface area contributed by atoms with Crippen LogP contribution in [0.4, 0.5) is 0 Å². The number of pyridine rings is 3. The molecule has 0 amide bonds. The van der Waals surface area contributed by atoms with Gasteiger partial charge in [-0.3, -0.25) is 9.97 Å². The number of hydrogen-bond acceptors (Lipinski definition) is 9. The number of nitrogens with one attached hydrogen (secondary N) is 1. The number of aliphatic hydroxyl groups excluding tert-OH is 1. The largest absolute Gasteiger partial charge is 0.481 e. The predicted molar refractivity (Wildman–Crippen MR) is 123 cm³/mol. The topological polar surface area (TPSA) is 92.6 Å². The van der Waals surface area contributed by atoms with Gasteiger partial charge in [0.1, 0.15) is 5.94 Å². The van der Waals surface area contributed by atoms with Gasteiger partial charge >= 0.3 is 0 Å². The lowest BCUT2D eigenvalue weighted by molar-refractivity contribution is 0.140. The third-order valence-electron chi connectivity index (χ3n) is 6.06. The van der Waals surface area contributed by atoms with E-state index in [1.54, 1.807) is 25.1 Å². The molecular weight excluding hydrogens is 426 g/mol. The minimum absolute atomic E-state index is 0.203. The molecule has 32 heavy (non-hydrogen) atoms. The summed E-state index contributed by atoms with van der Waals surface area (Å²) in [4.78, 5) is 16.9. The van der Waals surface area contributed by atoms with Gasteiger partial charge in [-0.15, -0.1) is 0 Å². The van der Waals surface area contributed by atoms with Crippen molar-refractivity contribution in [3.05, 3.63) is 47.9 Å².